The van der Waals surface area contributed by atoms with E-state index in [0.29, 0.717) is 16.5 Å². The number of rotatable bonds is 4. The van der Waals surface area contributed by atoms with Gasteiger partial charge in [-0.2, -0.15) is 0 Å². The van der Waals surface area contributed by atoms with Crippen molar-refractivity contribution in [2.75, 3.05) is 0 Å². The second kappa shape index (κ2) is 6.70. The molecule has 20 heavy (non-hydrogen) atoms. The highest BCUT2D eigenvalue weighted by molar-refractivity contribution is 9.10. The molecule has 106 valence electrons. The minimum absolute atomic E-state index is 0.0910. The number of hydrogen-bond acceptors (Lipinski definition) is 1. The Labute approximate surface area is 132 Å². The Bertz CT molecular complexity index is 598. The van der Waals surface area contributed by atoms with Crippen LogP contribution >= 0.6 is 27.5 Å². The average Bonchev–Trinajstić information content (AvgIpc) is 2.44. The van der Waals surface area contributed by atoms with Gasteiger partial charge in [0.2, 0.25) is 0 Å². The number of nitrogens with two attached hydrogens (primary N) is 1. The quantitative estimate of drug-likeness (QED) is 0.750. The largest absolute Gasteiger partial charge is 0.324 e. The van der Waals surface area contributed by atoms with Gasteiger partial charge in [-0.05, 0) is 47.3 Å². The molecule has 0 aliphatic carbocycles. The van der Waals surface area contributed by atoms with Crippen LogP contribution < -0.4 is 5.73 Å². The Morgan fingerprint density at radius 3 is 2.50 bits per heavy atom. The summed E-state index contributed by atoms with van der Waals surface area (Å²) in [6.45, 7) is 2.05. The van der Waals surface area contributed by atoms with Crippen LogP contribution in [-0.2, 0) is 6.42 Å². The van der Waals surface area contributed by atoms with Gasteiger partial charge in [0.05, 0.1) is 5.02 Å². The van der Waals surface area contributed by atoms with Crippen molar-refractivity contribution in [2.24, 2.45) is 5.73 Å². The zero-order valence-corrected chi connectivity index (χ0v) is 13.5. The third-order valence-electron chi connectivity index (χ3n) is 3.33. The first-order valence-corrected chi connectivity index (χ1v) is 7.60. The summed E-state index contributed by atoms with van der Waals surface area (Å²) in [6.07, 6.45) is 1.49. The molecule has 1 unspecified atom stereocenters. The molecular formula is C16H16BrClFN. The maximum atomic E-state index is 14.0. The Balaban J connectivity index is 2.07. The molecule has 0 bridgehead atoms. The maximum absolute atomic E-state index is 14.0. The first kappa shape index (κ1) is 15.5. The number of hydrogen-bond donors (Lipinski definition) is 1. The van der Waals surface area contributed by atoms with Crippen LogP contribution in [0.2, 0.25) is 5.02 Å². The second-order valence-corrected chi connectivity index (χ2v) is 6.13. The van der Waals surface area contributed by atoms with Crippen molar-refractivity contribution in [1.29, 1.82) is 0 Å². The van der Waals surface area contributed by atoms with E-state index >= 15 is 0 Å². The topological polar surface area (TPSA) is 26.0 Å². The summed E-state index contributed by atoms with van der Waals surface area (Å²) < 4.78 is 14.6. The fourth-order valence-electron chi connectivity index (χ4n) is 2.06. The minimum Gasteiger partial charge on any atom is -0.324 e. The van der Waals surface area contributed by atoms with Crippen molar-refractivity contribution in [3.63, 3.8) is 0 Å². The highest BCUT2D eigenvalue weighted by atomic mass is 79.9. The zero-order chi connectivity index (χ0) is 14.7. The van der Waals surface area contributed by atoms with Crippen LogP contribution in [0.15, 0.2) is 40.9 Å². The van der Waals surface area contributed by atoms with Gasteiger partial charge in [-0.25, -0.2) is 4.39 Å². The van der Waals surface area contributed by atoms with Crippen molar-refractivity contribution in [2.45, 2.75) is 25.8 Å². The van der Waals surface area contributed by atoms with Crippen LogP contribution in [0, 0.1) is 12.7 Å². The molecule has 0 spiro atoms. The predicted molar refractivity (Wildman–Crippen MR) is 85.5 cm³/mol. The summed E-state index contributed by atoms with van der Waals surface area (Å²) in [5.41, 5.74) is 8.97. The normalized spacial score (nSPS) is 12.4. The van der Waals surface area contributed by atoms with E-state index in [1.54, 1.807) is 12.1 Å². The summed E-state index contributed by atoms with van der Waals surface area (Å²) in [5, 5.41) is 0.0910. The lowest BCUT2D eigenvalue weighted by Gasteiger charge is -2.14. The van der Waals surface area contributed by atoms with Crippen molar-refractivity contribution in [1.82, 2.24) is 0 Å². The van der Waals surface area contributed by atoms with E-state index in [2.05, 4.69) is 47.1 Å². The molecule has 2 rings (SSSR count). The molecule has 4 heteroatoms. The van der Waals surface area contributed by atoms with Gasteiger partial charge in [0.15, 0.2) is 0 Å². The third-order valence-corrected chi connectivity index (χ3v) is 4.59. The van der Waals surface area contributed by atoms with E-state index in [1.807, 2.05) is 0 Å². The number of benzene rings is 2. The third kappa shape index (κ3) is 3.60. The molecule has 2 aromatic rings. The summed E-state index contributed by atoms with van der Waals surface area (Å²) in [4.78, 5) is 0. The molecule has 1 atom stereocenters. The SMILES string of the molecule is Cc1ccc(CCC(N)c2ccc(Br)c(Cl)c2F)cc1. The van der Waals surface area contributed by atoms with Crippen LogP contribution in [0.25, 0.3) is 0 Å². The van der Waals surface area contributed by atoms with Crippen LogP contribution in [0.3, 0.4) is 0 Å². The smallest absolute Gasteiger partial charge is 0.147 e. The van der Waals surface area contributed by atoms with E-state index in [1.165, 1.54) is 11.1 Å². The van der Waals surface area contributed by atoms with E-state index < -0.39 is 5.82 Å². The molecule has 0 heterocycles. The van der Waals surface area contributed by atoms with Gasteiger partial charge in [-0.3, -0.25) is 0 Å². The standard InChI is InChI=1S/C16H16BrClFN/c1-10-2-4-11(5-3-10)6-9-14(20)12-7-8-13(17)15(18)16(12)19/h2-5,7-8,14H,6,9,20H2,1H3. The number of halogens is 3. The Hall–Kier alpha value is -0.900. The molecule has 0 aliphatic heterocycles. The molecule has 0 radical (unpaired) electrons. The van der Waals surface area contributed by atoms with E-state index in [0.717, 1.165) is 6.42 Å². The lowest BCUT2D eigenvalue weighted by atomic mass is 9.99. The maximum Gasteiger partial charge on any atom is 0.147 e. The molecule has 0 saturated carbocycles. The summed E-state index contributed by atoms with van der Waals surface area (Å²) in [5.74, 6) is -0.433. The average molecular weight is 357 g/mol. The fourth-order valence-corrected chi connectivity index (χ4v) is 2.54. The highest BCUT2D eigenvalue weighted by Gasteiger charge is 2.16. The number of aryl methyl sites for hydroxylation is 2. The Morgan fingerprint density at radius 2 is 1.85 bits per heavy atom. The molecule has 2 N–H and O–H groups in total. The van der Waals surface area contributed by atoms with Gasteiger partial charge in [0.25, 0.3) is 0 Å². The van der Waals surface area contributed by atoms with Crippen LogP contribution in [-0.4, -0.2) is 0 Å². The van der Waals surface area contributed by atoms with Gasteiger partial charge in [-0.1, -0.05) is 47.5 Å². The van der Waals surface area contributed by atoms with Gasteiger partial charge in [-0.15, -0.1) is 0 Å². The molecule has 0 aromatic heterocycles. The molecular weight excluding hydrogens is 341 g/mol. The predicted octanol–water partition coefficient (Wildman–Crippen LogP) is 5.18. The zero-order valence-electron chi connectivity index (χ0n) is 11.2. The van der Waals surface area contributed by atoms with Gasteiger partial charge < -0.3 is 5.73 Å². The van der Waals surface area contributed by atoms with Crippen LogP contribution in [0.1, 0.15) is 29.2 Å². The summed E-state index contributed by atoms with van der Waals surface area (Å²) in [6, 6.07) is 11.3. The second-order valence-electron chi connectivity index (χ2n) is 4.90. The molecule has 1 nitrogen and oxygen atoms in total. The van der Waals surface area contributed by atoms with Crippen molar-refractivity contribution in [3.8, 4) is 0 Å². The summed E-state index contributed by atoms with van der Waals surface area (Å²) in [7, 11) is 0. The molecule has 0 aliphatic rings. The summed E-state index contributed by atoms with van der Waals surface area (Å²) >= 11 is 9.08. The molecule has 0 fully saturated rings. The first-order valence-electron chi connectivity index (χ1n) is 6.43. The minimum atomic E-state index is -0.433. The molecule has 0 amide bonds. The van der Waals surface area contributed by atoms with E-state index in [4.69, 9.17) is 17.3 Å². The van der Waals surface area contributed by atoms with E-state index in [9.17, 15) is 4.39 Å². The van der Waals surface area contributed by atoms with Crippen molar-refractivity contribution >= 4 is 27.5 Å². The van der Waals surface area contributed by atoms with Gasteiger partial charge in [0.1, 0.15) is 5.82 Å². The lowest BCUT2D eigenvalue weighted by Crippen LogP contribution is -2.13. The van der Waals surface area contributed by atoms with Crippen molar-refractivity contribution in [3.05, 3.63) is 68.4 Å². The van der Waals surface area contributed by atoms with Gasteiger partial charge >= 0.3 is 0 Å². The monoisotopic (exact) mass is 355 g/mol. The molecule has 2 aromatic carbocycles. The Kier molecular flexibility index (Phi) is 5.19. The lowest BCUT2D eigenvalue weighted by molar-refractivity contribution is 0.563. The first-order chi connectivity index (χ1) is 9.49. The van der Waals surface area contributed by atoms with Crippen molar-refractivity contribution < 1.29 is 4.39 Å². The van der Waals surface area contributed by atoms with Crippen LogP contribution in [0.5, 0.6) is 0 Å². The fraction of sp³-hybridized carbons (Fsp3) is 0.250. The van der Waals surface area contributed by atoms with Gasteiger partial charge in [0, 0.05) is 16.1 Å². The Morgan fingerprint density at radius 1 is 1.20 bits per heavy atom. The van der Waals surface area contributed by atoms with Crippen LogP contribution in [0.4, 0.5) is 4.39 Å². The highest BCUT2D eigenvalue weighted by Crippen LogP contribution is 2.31. The molecule has 0 saturated heterocycles. The van der Waals surface area contributed by atoms with E-state index in [-0.39, 0.29) is 11.1 Å².